The zero-order valence-electron chi connectivity index (χ0n) is 19.8. The van der Waals surface area contributed by atoms with Gasteiger partial charge in [-0.1, -0.05) is 29.8 Å². The SMILES string of the molecule is Cc1ccc(C(CNC2=NCC3CN(C(=O)OC(C)(C)C)CCN23)N2CCOCC2)cc1. The van der Waals surface area contributed by atoms with Crippen molar-refractivity contribution in [3.05, 3.63) is 35.4 Å². The van der Waals surface area contributed by atoms with Crippen LogP contribution in [0.4, 0.5) is 4.79 Å². The van der Waals surface area contributed by atoms with Crippen molar-refractivity contribution in [2.75, 3.05) is 59.0 Å². The maximum atomic E-state index is 12.5. The number of carbonyl (C=O) groups excluding carboxylic acids is 1. The van der Waals surface area contributed by atoms with E-state index < -0.39 is 5.60 Å². The van der Waals surface area contributed by atoms with Gasteiger partial charge >= 0.3 is 6.09 Å². The van der Waals surface area contributed by atoms with Gasteiger partial charge in [-0.25, -0.2) is 4.79 Å². The highest BCUT2D eigenvalue weighted by atomic mass is 16.6. The number of hydrogen-bond acceptors (Lipinski definition) is 7. The number of carbonyl (C=O) groups is 1. The quantitative estimate of drug-likeness (QED) is 0.770. The summed E-state index contributed by atoms with van der Waals surface area (Å²) in [5.41, 5.74) is 2.11. The number of aliphatic imine (C=N–C) groups is 1. The molecule has 0 saturated carbocycles. The summed E-state index contributed by atoms with van der Waals surface area (Å²) < 4.78 is 11.1. The van der Waals surface area contributed by atoms with Gasteiger partial charge < -0.3 is 24.6 Å². The van der Waals surface area contributed by atoms with E-state index >= 15 is 0 Å². The maximum Gasteiger partial charge on any atom is 0.410 e. The zero-order valence-corrected chi connectivity index (χ0v) is 19.8. The van der Waals surface area contributed by atoms with Crippen LogP contribution in [0.15, 0.2) is 29.3 Å². The largest absolute Gasteiger partial charge is 0.444 e. The van der Waals surface area contributed by atoms with E-state index in [1.165, 1.54) is 11.1 Å². The summed E-state index contributed by atoms with van der Waals surface area (Å²) in [6, 6.07) is 9.31. The Kier molecular flexibility index (Phi) is 6.90. The number of nitrogens with one attached hydrogen (secondary N) is 1. The fourth-order valence-corrected chi connectivity index (χ4v) is 4.55. The van der Waals surface area contributed by atoms with Crippen molar-refractivity contribution in [2.45, 2.75) is 45.4 Å². The highest BCUT2D eigenvalue weighted by molar-refractivity contribution is 5.82. The third-order valence-corrected chi connectivity index (χ3v) is 6.26. The molecular formula is C24H37N5O3. The van der Waals surface area contributed by atoms with Crippen molar-refractivity contribution in [3.63, 3.8) is 0 Å². The summed E-state index contributed by atoms with van der Waals surface area (Å²) in [6.07, 6.45) is -0.231. The fraction of sp³-hybridized carbons (Fsp3) is 0.667. The van der Waals surface area contributed by atoms with Crippen LogP contribution in [0.5, 0.6) is 0 Å². The van der Waals surface area contributed by atoms with Gasteiger partial charge in [0.2, 0.25) is 0 Å². The van der Waals surface area contributed by atoms with Gasteiger partial charge in [0.1, 0.15) is 5.60 Å². The fourth-order valence-electron chi connectivity index (χ4n) is 4.55. The normalized spacial score (nSPS) is 22.9. The first-order chi connectivity index (χ1) is 15.3. The van der Waals surface area contributed by atoms with Crippen molar-refractivity contribution in [2.24, 2.45) is 4.99 Å². The summed E-state index contributed by atoms with van der Waals surface area (Å²) in [5, 5.41) is 3.63. The lowest BCUT2D eigenvalue weighted by atomic mass is 10.0. The molecule has 32 heavy (non-hydrogen) atoms. The van der Waals surface area contributed by atoms with Crippen LogP contribution in [0.3, 0.4) is 0 Å². The van der Waals surface area contributed by atoms with E-state index in [9.17, 15) is 4.79 Å². The molecule has 4 rings (SSSR count). The highest BCUT2D eigenvalue weighted by Gasteiger charge is 2.36. The molecule has 0 aliphatic carbocycles. The smallest absolute Gasteiger partial charge is 0.410 e. The van der Waals surface area contributed by atoms with E-state index in [-0.39, 0.29) is 18.2 Å². The Morgan fingerprint density at radius 3 is 2.59 bits per heavy atom. The molecule has 3 aliphatic heterocycles. The number of morpholine rings is 1. The van der Waals surface area contributed by atoms with Gasteiger partial charge in [0.25, 0.3) is 0 Å². The number of guanidine groups is 1. The standard InChI is InChI=1S/C24H37N5O3/c1-18-5-7-19(8-6-18)21(27-11-13-31-14-12-27)16-26-22-25-15-20-17-28(9-10-29(20)22)23(30)32-24(2,3)4/h5-8,20-21H,9-17H2,1-4H3,(H,25,26). The first-order valence-electron chi connectivity index (χ1n) is 11.7. The van der Waals surface area contributed by atoms with Gasteiger partial charge in [0.05, 0.1) is 31.8 Å². The second-order valence-electron chi connectivity index (χ2n) is 9.89. The maximum absolute atomic E-state index is 12.5. The number of piperazine rings is 1. The molecule has 2 saturated heterocycles. The Labute approximate surface area is 191 Å². The molecule has 2 fully saturated rings. The number of benzene rings is 1. The number of nitrogens with zero attached hydrogens (tertiary/aromatic N) is 4. The predicted octanol–water partition coefficient (Wildman–Crippen LogP) is 2.25. The van der Waals surface area contributed by atoms with Crippen molar-refractivity contribution in [1.82, 2.24) is 20.0 Å². The third-order valence-electron chi connectivity index (χ3n) is 6.26. The second-order valence-corrected chi connectivity index (χ2v) is 9.89. The van der Waals surface area contributed by atoms with Crippen LogP contribution in [0.1, 0.15) is 37.9 Å². The molecule has 1 N–H and O–H groups in total. The Balaban J connectivity index is 1.36. The van der Waals surface area contributed by atoms with Gasteiger partial charge in [0, 0.05) is 39.3 Å². The Morgan fingerprint density at radius 2 is 1.91 bits per heavy atom. The molecule has 3 heterocycles. The van der Waals surface area contributed by atoms with E-state index in [1.807, 2.05) is 25.7 Å². The van der Waals surface area contributed by atoms with E-state index in [1.54, 1.807) is 0 Å². The lowest BCUT2D eigenvalue weighted by Gasteiger charge is -2.40. The number of amides is 1. The summed E-state index contributed by atoms with van der Waals surface area (Å²) >= 11 is 0. The molecule has 1 amide bonds. The molecule has 0 aromatic heterocycles. The lowest BCUT2D eigenvalue weighted by molar-refractivity contribution is 0.0129. The van der Waals surface area contributed by atoms with Crippen molar-refractivity contribution in [1.29, 1.82) is 0 Å². The molecule has 0 spiro atoms. The second kappa shape index (κ2) is 9.67. The van der Waals surface area contributed by atoms with E-state index in [2.05, 4.69) is 46.3 Å². The van der Waals surface area contributed by atoms with Crippen LogP contribution >= 0.6 is 0 Å². The third kappa shape index (κ3) is 5.53. The van der Waals surface area contributed by atoms with Gasteiger partial charge in [-0.05, 0) is 33.3 Å². The average Bonchev–Trinajstić information content (AvgIpc) is 3.17. The number of hydrogen-bond donors (Lipinski definition) is 1. The van der Waals surface area contributed by atoms with Crippen LogP contribution in [-0.4, -0.2) is 97.4 Å². The van der Waals surface area contributed by atoms with Gasteiger partial charge in [-0.3, -0.25) is 9.89 Å². The van der Waals surface area contributed by atoms with Crippen LogP contribution < -0.4 is 5.32 Å². The molecule has 0 radical (unpaired) electrons. The number of ether oxygens (including phenoxy) is 2. The molecule has 2 atom stereocenters. The highest BCUT2D eigenvalue weighted by Crippen LogP contribution is 2.23. The number of aryl methyl sites for hydroxylation is 1. The molecule has 8 heteroatoms. The van der Waals surface area contributed by atoms with Crippen LogP contribution in [-0.2, 0) is 9.47 Å². The van der Waals surface area contributed by atoms with Gasteiger partial charge in [-0.2, -0.15) is 0 Å². The monoisotopic (exact) mass is 443 g/mol. The molecule has 176 valence electrons. The summed E-state index contributed by atoms with van der Waals surface area (Å²) in [7, 11) is 0. The Morgan fingerprint density at radius 1 is 1.19 bits per heavy atom. The minimum atomic E-state index is -0.475. The van der Waals surface area contributed by atoms with E-state index in [0.717, 1.165) is 45.4 Å². The van der Waals surface area contributed by atoms with Crippen LogP contribution in [0, 0.1) is 6.92 Å². The van der Waals surface area contributed by atoms with Gasteiger partial charge in [0.15, 0.2) is 5.96 Å². The zero-order chi connectivity index (χ0) is 22.7. The molecule has 3 aliphatic rings. The molecule has 2 unspecified atom stereocenters. The summed E-state index contributed by atoms with van der Waals surface area (Å²) in [5.74, 6) is 0.948. The molecule has 1 aromatic rings. The molecule has 8 nitrogen and oxygen atoms in total. The van der Waals surface area contributed by atoms with Gasteiger partial charge in [-0.15, -0.1) is 0 Å². The van der Waals surface area contributed by atoms with Crippen LogP contribution in [0.2, 0.25) is 0 Å². The average molecular weight is 444 g/mol. The first-order valence-corrected chi connectivity index (χ1v) is 11.7. The minimum Gasteiger partial charge on any atom is -0.444 e. The number of rotatable bonds is 4. The van der Waals surface area contributed by atoms with Crippen molar-refractivity contribution >= 4 is 12.1 Å². The summed E-state index contributed by atoms with van der Waals surface area (Å²) in [6.45, 7) is 14.8. The Hall–Kier alpha value is -2.32. The van der Waals surface area contributed by atoms with E-state index in [0.29, 0.717) is 19.6 Å². The summed E-state index contributed by atoms with van der Waals surface area (Å²) in [4.78, 5) is 23.9. The van der Waals surface area contributed by atoms with E-state index in [4.69, 9.17) is 14.5 Å². The molecule has 1 aromatic carbocycles. The first kappa shape index (κ1) is 22.9. The Bertz CT molecular complexity index is 814. The predicted molar refractivity (Wildman–Crippen MR) is 125 cm³/mol. The molecule has 0 bridgehead atoms. The topological polar surface area (TPSA) is 69.6 Å². The number of fused-ring (bicyclic) bond motifs is 1. The van der Waals surface area contributed by atoms with Crippen LogP contribution in [0.25, 0.3) is 0 Å². The minimum absolute atomic E-state index is 0.208. The molecular weight excluding hydrogens is 406 g/mol. The van der Waals surface area contributed by atoms with Crippen molar-refractivity contribution in [3.8, 4) is 0 Å². The van der Waals surface area contributed by atoms with Crippen molar-refractivity contribution < 1.29 is 14.3 Å². The lowest BCUT2D eigenvalue weighted by Crippen LogP contribution is -2.58.